The van der Waals surface area contributed by atoms with Crippen LogP contribution in [-0.4, -0.2) is 27.1 Å². The Morgan fingerprint density at radius 3 is 1.61 bits per heavy atom. The van der Waals surface area contributed by atoms with E-state index in [2.05, 4.69) is 0 Å². The lowest BCUT2D eigenvalue weighted by molar-refractivity contribution is -0.118. The van der Waals surface area contributed by atoms with E-state index in [1.807, 2.05) is 32.0 Å². The van der Waals surface area contributed by atoms with Gasteiger partial charge in [0.05, 0.1) is 21.3 Å². The van der Waals surface area contributed by atoms with Crippen molar-refractivity contribution in [2.75, 3.05) is 21.3 Å². The van der Waals surface area contributed by atoms with E-state index in [1.165, 1.54) is 0 Å². The number of ketones is 1. The zero-order chi connectivity index (χ0) is 14.0. The minimum absolute atomic E-state index is 0.343. The summed E-state index contributed by atoms with van der Waals surface area (Å²) in [6.07, 6.45) is 1.38. The van der Waals surface area contributed by atoms with E-state index in [0.717, 1.165) is 0 Å². The summed E-state index contributed by atoms with van der Waals surface area (Å²) in [7, 11) is 4.77. The normalized spacial score (nSPS) is 8.94. The first-order valence-corrected chi connectivity index (χ1v) is 5.91. The summed E-state index contributed by atoms with van der Waals surface area (Å²) < 4.78 is 15.3. The van der Waals surface area contributed by atoms with Crippen LogP contribution in [0.3, 0.4) is 0 Å². The quantitative estimate of drug-likeness (QED) is 0.810. The molecule has 0 saturated heterocycles. The second kappa shape index (κ2) is 9.33. The molecule has 0 heterocycles. The lowest BCUT2D eigenvalue weighted by Gasteiger charge is -2.10. The third-order valence-electron chi connectivity index (χ3n) is 2.38. The fourth-order valence-corrected chi connectivity index (χ4v) is 1.27. The van der Waals surface area contributed by atoms with Gasteiger partial charge in [-0.15, -0.1) is 0 Å². The monoisotopic (exact) mass is 254 g/mol. The fourth-order valence-electron chi connectivity index (χ4n) is 1.27. The summed E-state index contributed by atoms with van der Waals surface area (Å²) in [5.74, 6) is 2.33. The van der Waals surface area contributed by atoms with Crippen molar-refractivity contribution in [3.63, 3.8) is 0 Å². The maximum absolute atomic E-state index is 10.2. The Balaban J connectivity index is 0.000000411. The molecule has 0 saturated carbocycles. The highest BCUT2D eigenvalue weighted by molar-refractivity contribution is 5.77. The molecule has 0 atom stereocenters. The first-order chi connectivity index (χ1) is 8.64. The Bertz CT molecular complexity index is 333. The highest BCUT2D eigenvalue weighted by atomic mass is 16.5. The van der Waals surface area contributed by atoms with Gasteiger partial charge in [-0.2, -0.15) is 0 Å². The molecule has 0 spiro atoms. The third kappa shape index (κ3) is 5.08. The van der Waals surface area contributed by atoms with E-state index in [1.54, 1.807) is 21.3 Å². The van der Waals surface area contributed by atoms with E-state index in [4.69, 9.17) is 14.2 Å². The highest BCUT2D eigenvalue weighted by Crippen LogP contribution is 2.35. The summed E-state index contributed by atoms with van der Waals surface area (Å²) in [6.45, 7) is 3.76. The van der Waals surface area contributed by atoms with E-state index < -0.39 is 0 Å². The topological polar surface area (TPSA) is 44.8 Å². The molecule has 0 aliphatic carbocycles. The van der Waals surface area contributed by atoms with E-state index in [0.29, 0.717) is 35.9 Å². The lowest BCUT2D eigenvalue weighted by Crippen LogP contribution is -1.93. The second-order valence-corrected chi connectivity index (χ2v) is 3.44. The van der Waals surface area contributed by atoms with Gasteiger partial charge in [-0.3, -0.25) is 4.79 Å². The lowest BCUT2D eigenvalue weighted by atomic mass is 10.3. The van der Waals surface area contributed by atoms with Gasteiger partial charge < -0.3 is 14.2 Å². The van der Waals surface area contributed by atoms with Gasteiger partial charge in [-0.05, 0) is 12.1 Å². The van der Waals surface area contributed by atoms with E-state index in [9.17, 15) is 4.79 Å². The van der Waals surface area contributed by atoms with Crippen LogP contribution in [-0.2, 0) is 4.79 Å². The number of hydrogen-bond donors (Lipinski definition) is 0. The van der Waals surface area contributed by atoms with Gasteiger partial charge in [0.25, 0.3) is 0 Å². The minimum atomic E-state index is 0.343. The van der Waals surface area contributed by atoms with Gasteiger partial charge in [0.2, 0.25) is 5.75 Å². The molecule has 0 fully saturated rings. The molecular weight excluding hydrogens is 232 g/mol. The molecule has 4 nitrogen and oxygen atoms in total. The minimum Gasteiger partial charge on any atom is -0.493 e. The maximum Gasteiger partial charge on any atom is 0.203 e. The molecular formula is C14H22O4. The molecule has 18 heavy (non-hydrogen) atoms. The van der Waals surface area contributed by atoms with Crippen molar-refractivity contribution in [3.05, 3.63) is 18.2 Å². The van der Waals surface area contributed by atoms with Gasteiger partial charge in [-0.25, -0.2) is 0 Å². The van der Waals surface area contributed by atoms with Gasteiger partial charge in [-0.1, -0.05) is 19.9 Å². The van der Waals surface area contributed by atoms with Crippen LogP contribution in [0.25, 0.3) is 0 Å². The highest BCUT2D eigenvalue weighted by Gasteiger charge is 2.08. The first kappa shape index (κ1) is 16.3. The largest absolute Gasteiger partial charge is 0.493 e. The average Bonchev–Trinajstić information content (AvgIpc) is 2.45. The molecule has 0 unspecified atom stereocenters. The van der Waals surface area contributed by atoms with Crippen LogP contribution in [0, 0.1) is 0 Å². The number of carbonyl (C=O) groups is 1. The standard InChI is InChI=1S/C9H12O3.C5H10O/c1-10-7-5-4-6-8(11-2)9(7)12-3;1-3-5(6)4-2/h4-6H,1-3H3;3-4H2,1-2H3. The Hall–Kier alpha value is -1.71. The molecule has 1 rings (SSSR count). The Morgan fingerprint density at radius 2 is 1.39 bits per heavy atom. The van der Waals surface area contributed by atoms with Crippen LogP contribution in [0.4, 0.5) is 0 Å². The van der Waals surface area contributed by atoms with Crippen molar-refractivity contribution in [3.8, 4) is 17.2 Å². The zero-order valence-corrected chi connectivity index (χ0v) is 11.8. The number of para-hydroxylation sites is 1. The predicted octanol–water partition coefficient (Wildman–Crippen LogP) is 3.09. The van der Waals surface area contributed by atoms with Crippen LogP contribution < -0.4 is 14.2 Å². The van der Waals surface area contributed by atoms with Gasteiger partial charge in [0, 0.05) is 12.8 Å². The van der Waals surface area contributed by atoms with Crippen LogP contribution in [0.1, 0.15) is 26.7 Å². The summed E-state index contributed by atoms with van der Waals surface area (Å²) in [5, 5.41) is 0. The molecule has 0 aliphatic rings. The molecule has 0 amide bonds. The van der Waals surface area contributed by atoms with Gasteiger partial charge in [0.15, 0.2) is 11.5 Å². The van der Waals surface area contributed by atoms with Crippen LogP contribution in [0.2, 0.25) is 0 Å². The number of hydrogen-bond acceptors (Lipinski definition) is 4. The number of ether oxygens (including phenoxy) is 3. The molecule has 0 aromatic heterocycles. The molecule has 0 bridgehead atoms. The second-order valence-electron chi connectivity index (χ2n) is 3.44. The molecule has 4 heteroatoms. The average molecular weight is 254 g/mol. The van der Waals surface area contributed by atoms with Crippen molar-refractivity contribution in [2.24, 2.45) is 0 Å². The molecule has 102 valence electrons. The number of rotatable bonds is 5. The Kier molecular flexibility index (Phi) is 8.45. The van der Waals surface area contributed by atoms with Gasteiger partial charge >= 0.3 is 0 Å². The Morgan fingerprint density at radius 1 is 0.944 bits per heavy atom. The van der Waals surface area contributed by atoms with Gasteiger partial charge in [0.1, 0.15) is 5.78 Å². The summed E-state index contributed by atoms with van der Waals surface area (Å²) in [6, 6.07) is 5.49. The first-order valence-electron chi connectivity index (χ1n) is 5.91. The summed E-state index contributed by atoms with van der Waals surface area (Å²) >= 11 is 0. The van der Waals surface area contributed by atoms with Crippen LogP contribution in [0.5, 0.6) is 17.2 Å². The van der Waals surface area contributed by atoms with Crippen molar-refractivity contribution < 1.29 is 19.0 Å². The van der Waals surface area contributed by atoms with E-state index in [-0.39, 0.29) is 0 Å². The molecule has 1 aromatic carbocycles. The molecule has 0 radical (unpaired) electrons. The Labute approximate surface area is 109 Å². The number of methoxy groups -OCH3 is 3. The van der Waals surface area contributed by atoms with Crippen LogP contribution >= 0.6 is 0 Å². The maximum atomic E-state index is 10.2. The molecule has 0 N–H and O–H groups in total. The molecule has 0 aliphatic heterocycles. The zero-order valence-electron chi connectivity index (χ0n) is 11.8. The molecule has 1 aromatic rings. The van der Waals surface area contributed by atoms with Crippen molar-refractivity contribution in [1.29, 1.82) is 0 Å². The number of carbonyl (C=O) groups excluding carboxylic acids is 1. The van der Waals surface area contributed by atoms with E-state index >= 15 is 0 Å². The SMILES string of the molecule is CCC(=O)CC.COc1cccc(OC)c1OC. The smallest absolute Gasteiger partial charge is 0.203 e. The van der Waals surface area contributed by atoms with Crippen molar-refractivity contribution in [1.82, 2.24) is 0 Å². The van der Waals surface area contributed by atoms with Crippen LogP contribution in [0.15, 0.2) is 18.2 Å². The fraction of sp³-hybridized carbons (Fsp3) is 0.500. The summed E-state index contributed by atoms with van der Waals surface area (Å²) in [5.41, 5.74) is 0. The summed E-state index contributed by atoms with van der Waals surface area (Å²) in [4.78, 5) is 10.2. The predicted molar refractivity (Wildman–Crippen MR) is 71.7 cm³/mol. The van der Waals surface area contributed by atoms with Crippen molar-refractivity contribution in [2.45, 2.75) is 26.7 Å². The number of benzene rings is 1. The number of Topliss-reactive ketones (excluding diaryl/α,β-unsaturated/α-hetero) is 1. The third-order valence-corrected chi connectivity index (χ3v) is 2.38. The van der Waals surface area contributed by atoms with Crippen molar-refractivity contribution >= 4 is 5.78 Å².